The third kappa shape index (κ3) is 9.92. The molecule has 66 heavy (non-hydrogen) atoms. The molecule has 3 aliphatic heterocycles. The summed E-state index contributed by atoms with van der Waals surface area (Å²) in [7, 11) is 1.44. The van der Waals surface area contributed by atoms with E-state index in [4.69, 9.17) is 18.9 Å². The van der Waals surface area contributed by atoms with E-state index in [9.17, 15) is 39.9 Å². The Labute approximate surface area is 384 Å². The number of hydrogen-bond donors (Lipinski definition) is 7. The monoisotopic (exact) mass is 908 g/mol. The van der Waals surface area contributed by atoms with Crippen LogP contribution in [0.2, 0.25) is 0 Å². The summed E-state index contributed by atoms with van der Waals surface area (Å²) < 4.78 is 23.7. The number of anilines is 1. The van der Waals surface area contributed by atoms with Gasteiger partial charge in [0, 0.05) is 85.0 Å². The van der Waals surface area contributed by atoms with Crippen molar-refractivity contribution in [1.82, 2.24) is 15.5 Å². The second kappa shape index (κ2) is 20.5. The van der Waals surface area contributed by atoms with Gasteiger partial charge in [0.1, 0.15) is 23.4 Å². The number of rotatable bonds is 8. The minimum absolute atomic E-state index is 0.0310. The number of allylic oxidation sites excluding steroid dienone is 2. The van der Waals surface area contributed by atoms with Gasteiger partial charge in [-0.05, 0) is 50.6 Å². The molecule has 0 unspecified atom stereocenters. The van der Waals surface area contributed by atoms with Gasteiger partial charge in [0.15, 0.2) is 5.75 Å². The first-order chi connectivity index (χ1) is 31.3. The summed E-state index contributed by atoms with van der Waals surface area (Å²) in [5.41, 5.74) is 2.55. The summed E-state index contributed by atoms with van der Waals surface area (Å²) in [4.78, 5) is 40.8. The normalized spacial score (nSPS) is 28.0. The summed E-state index contributed by atoms with van der Waals surface area (Å²) in [6.07, 6.45) is 5.22. The van der Waals surface area contributed by atoms with E-state index in [1.807, 2.05) is 36.4 Å². The molecule has 0 fully saturated rings. The average molecular weight is 909 g/mol. The van der Waals surface area contributed by atoms with Crippen molar-refractivity contribution in [1.29, 1.82) is 0 Å². The molecule has 1 aromatic heterocycles. The Balaban J connectivity index is 1.42. The summed E-state index contributed by atoms with van der Waals surface area (Å²) in [6.45, 7) is 13.2. The van der Waals surface area contributed by atoms with Crippen LogP contribution in [0.3, 0.4) is 0 Å². The van der Waals surface area contributed by atoms with E-state index in [0.29, 0.717) is 6.54 Å². The molecule has 16 heteroatoms. The molecule has 5 bridgehead atoms. The van der Waals surface area contributed by atoms with Gasteiger partial charge in [-0.2, -0.15) is 10.2 Å². The van der Waals surface area contributed by atoms with Gasteiger partial charge in [-0.25, -0.2) is 0 Å². The summed E-state index contributed by atoms with van der Waals surface area (Å²) in [6, 6.07) is 11.4. The zero-order valence-electron chi connectivity index (χ0n) is 38.7. The van der Waals surface area contributed by atoms with Crippen LogP contribution in [0.5, 0.6) is 23.0 Å². The van der Waals surface area contributed by atoms with E-state index in [2.05, 4.69) is 20.8 Å². The Morgan fingerprint density at radius 3 is 2.29 bits per heavy atom. The number of carbonyl (C=O) groups excluding carboxylic acids is 3. The summed E-state index contributed by atoms with van der Waals surface area (Å²) in [5, 5.41) is 72.6. The molecular formula is C50H60N4O12. The van der Waals surface area contributed by atoms with Crippen LogP contribution < -0.4 is 15.4 Å². The molecular weight excluding hydrogens is 849 g/mol. The molecule has 7 N–H and O–H groups in total. The Bertz CT molecular complexity index is 2540. The van der Waals surface area contributed by atoms with Gasteiger partial charge in [0.2, 0.25) is 0 Å². The summed E-state index contributed by atoms with van der Waals surface area (Å²) in [5.74, 6) is -8.19. The Morgan fingerprint density at radius 2 is 1.64 bits per heavy atom. The molecule has 3 aliphatic rings. The SMILES string of the molecule is CO[C@H]1/C=C/O[C@@]2(C)Oc3c(C)c(O)c4c(O)c(c(CCNCc5ccc(-c6cccnn6)cc5)c(O)c4c3C2=O)NC(=O)/C(C)=C\C=C\[C@H](C)[C@H](O)[C@@H](C)[C@@H](O)[C@@H](C)[C@H](OC(C)=O)[C@@H]1C. The van der Waals surface area contributed by atoms with E-state index in [1.54, 1.807) is 46.0 Å². The van der Waals surface area contributed by atoms with E-state index >= 15 is 0 Å². The lowest BCUT2D eigenvalue weighted by molar-refractivity contribution is -0.160. The molecule has 0 spiro atoms. The van der Waals surface area contributed by atoms with Gasteiger partial charge in [0.05, 0.1) is 46.9 Å². The number of aromatic nitrogens is 2. The van der Waals surface area contributed by atoms with Gasteiger partial charge >= 0.3 is 11.8 Å². The van der Waals surface area contributed by atoms with Crippen LogP contribution in [0.25, 0.3) is 22.0 Å². The highest BCUT2D eigenvalue weighted by atomic mass is 16.7. The number of nitrogens with one attached hydrogen (secondary N) is 2. The second-order valence-corrected chi connectivity index (χ2v) is 17.4. The lowest BCUT2D eigenvalue weighted by Crippen LogP contribution is -2.46. The van der Waals surface area contributed by atoms with Crippen molar-refractivity contribution >= 4 is 34.1 Å². The first-order valence-electron chi connectivity index (χ1n) is 22.0. The smallest absolute Gasteiger partial charge is 0.312 e. The minimum Gasteiger partial charge on any atom is -0.507 e. The Hall–Kier alpha value is -6.33. The number of nitrogens with zero attached hydrogens (tertiary/aromatic N) is 2. The molecule has 0 saturated heterocycles. The number of hydrogen-bond acceptors (Lipinski definition) is 15. The highest BCUT2D eigenvalue weighted by Crippen LogP contribution is 2.55. The lowest BCUT2D eigenvalue weighted by Gasteiger charge is -2.38. The Kier molecular flexibility index (Phi) is 15.2. The standard InChI is InChI=1S/C50H60N4O12/c1-25-12-10-13-26(2)49(62)53-40-34(19-22-51-24-32-15-17-33(18-16-32)35-14-11-21-52-54-35)44(59)37-38(45(40)60)43(58)30(6)47-39(37)48(61)50(8,66-47)64-23-20-36(63-9)27(3)46(65-31(7)55)29(5)42(57)28(4)41(25)56/h10-18,20-21,23,25,27-29,36,41-42,46,51,56-60H,19,22,24H2,1-9H3,(H,53,62)/b12-10+,23-20+,26-13-/t25-,27+,28+,29+,36-,41-,42+,46+,50-/m0/s1. The topological polar surface area (TPSA) is 239 Å². The quantitative estimate of drug-likeness (QED) is 0.0430. The number of phenols is 3. The molecule has 352 valence electrons. The van der Waals surface area contributed by atoms with Crippen LogP contribution in [0, 0.1) is 30.6 Å². The molecule has 0 saturated carbocycles. The number of benzene rings is 3. The van der Waals surface area contributed by atoms with E-state index in [1.165, 1.54) is 53.2 Å². The van der Waals surface area contributed by atoms with Crippen molar-refractivity contribution < 1.29 is 58.9 Å². The van der Waals surface area contributed by atoms with Gasteiger partial charge in [-0.3, -0.25) is 14.4 Å². The molecule has 7 rings (SSSR count). The fourth-order valence-electron chi connectivity index (χ4n) is 8.72. The number of phenolic OH excluding ortho intramolecular Hbond substituents is 3. The maximum atomic E-state index is 14.5. The van der Waals surface area contributed by atoms with Crippen molar-refractivity contribution in [2.75, 3.05) is 19.0 Å². The molecule has 0 aliphatic carbocycles. The molecule has 4 heterocycles. The fraction of sp³-hybridized carbons (Fsp3) is 0.420. The fourth-order valence-corrected chi connectivity index (χ4v) is 8.72. The molecule has 0 radical (unpaired) electrons. The van der Waals surface area contributed by atoms with E-state index < -0.39 is 88.8 Å². The van der Waals surface area contributed by atoms with Crippen LogP contribution >= 0.6 is 0 Å². The van der Waals surface area contributed by atoms with Crippen molar-refractivity contribution in [2.24, 2.45) is 23.7 Å². The number of Topliss-reactive ketones (excluding diaryl/α,β-unsaturated/α-hetero) is 1. The van der Waals surface area contributed by atoms with Crippen molar-refractivity contribution in [3.05, 3.63) is 101 Å². The van der Waals surface area contributed by atoms with Crippen LogP contribution in [0.4, 0.5) is 5.69 Å². The number of aliphatic hydroxyl groups excluding tert-OH is 2. The largest absolute Gasteiger partial charge is 0.507 e. The second-order valence-electron chi connectivity index (χ2n) is 17.4. The van der Waals surface area contributed by atoms with Gasteiger partial charge in [0.25, 0.3) is 11.7 Å². The van der Waals surface area contributed by atoms with Crippen molar-refractivity contribution in [2.45, 2.75) is 98.6 Å². The maximum absolute atomic E-state index is 14.5. The minimum atomic E-state index is -2.05. The maximum Gasteiger partial charge on any atom is 0.312 e. The zero-order valence-corrected chi connectivity index (χ0v) is 38.7. The first-order valence-corrected chi connectivity index (χ1v) is 22.0. The van der Waals surface area contributed by atoms with Gasteiger partial charge in [-0.1, -0.05) is 70.2 Å². The predicted molar refractivity (Wildman–Crippen MR) is 247 cm³/mol. The molecule has 16 nitrogen and oxygen atoms in total. The number of amides is 1. The number of methoxy groups -OCH3 is 1. The van der Waals surface area contributed by atoms with E-state index in [-0.39, 0.29) is 57.4 Å². The van der Waals surface area contributed by atoms with Crippen LogP contribution in [-0.2, 0) is 36.8 Å². The average Bonchev–Trinajstić information content (AvgIpc) is 3.57. The third-order valence-corrected chi connectivity index (χ3v) is 12.8. The van der Waals surface area contributed by atoms with Gasteiger partial charge in [-0.15, -0.1) is 0 Å². The van der Waals surface area contributed by atoms with Gasteiger partial charge < -0.3 is 55.1 Å². The summed E-state index contributed by atoms with van der Waals surface area (Å²) >= 11 is 0. The number of aromatic hydroxyl groups is 3. The molecule has 9 atom stereocenters. The first kappa shape index (κ1) is 49.1. The number of fused-ring (bicyclic) bond motifs is 14. The lowest BCUT2D eigenvalue weighted by atomic mass is 9.78. The molecule has 3 aromatic carbocycles. The van der Waals surface area contributed by atoms with E-state index in [0.717, 1.165) is 16.8 Å². The number of esters is 1. The zero-order chi connectivity index (χ0) is 48.2. The van der Waals surface area contributed by atoms with Crippen LogP contribution in [-0.4, -0.2) is 97.2 Å². The number of ether oxygens (including phenoxy) is 4. The van der Waals surface area contributed by atoms with Crippen molar-refractivity contribution in [3.63, 3.8) is 0 Å². The van der Waals surface area contributed by atoms with Crippen molar-refractivity contribution in [3.8, 4) is 34.3 Å². The van der Waals surface area contributed by atoms with Crippen LogP contribution in [0.1, 0.15) is 75.5 Å². The highest BCUT2D eigenvalue weighted by Gasteiger charge is 2.50. The third-order valence-electron chi connectivity index (χ3n) is 12.8. The Morgan fingerprint density at radius 1 is 0.924 bits per heavy atom. The van der Waals surface area contributed by atoms with Crippen LogP contribution in [0.15, 0.2) is 78.7 Å². The predicted octanol–water partition coefficient (Wildman–Crippen LogP) is 6.54. The molecule has 1 amide bonds. The highest BCUT2D eigenvalue weighted by molar-refractivity contribution is 6.22. The number of carbonyl (C=O) groups is 3. The molecule has 4 aromatic rings. The number of aliphatic hydroxyl groups is 2. The number of ketones is 1.